The lowest BCUT2D eigenvalue weighted by atomic mass is 10.1. The van der Waals surface area contributed by atoms with Crippen molar-refractivity contribution in [2.75, 3.05) is 33.4 Å². The van der Waals surface area contributed by atoms with E-state index in [0.29, 0.717) is 25.5 Å². The van der Waals surface area contributed by atoms with Gasteiger partial charge in [-0.3, -0.25) is 4.90 Å². The van der Waals surface area contributed by atoms with Crippen LogP contribution < -0.4 is 4.74 Å². The summed E-state index contributed by atoms with van der Waals surface area (Å²) in [5.74, 6) is -0.584. The van der Waals surface area contributed by atoms with Gasteiger partial charge in [-0.25, -0.2) is 4.79 Å². The fourth-order valence-corrected chi connectivity index (χ4v) is 1.97. The number of likely N-dealkylation sites (N-methyl/N-ethyl adjacent to an activating group) is 1. The molecule has 0 aliphatic carbocycles. The molecule has 0 aliphatic rings. The van der Waals surface area contributed by atoms with E-state index in [-0.39, 0.29) is 5.56 Å². The minimum absolute atomic E-state index is 0.200. The summed E-state index contributed by atoms with van der Waals surface area (Å²) < 4.78 is 10.4. The number of carbonyl (C=O) groups is 1. The van der Waals surface area contributed by atoms with E-state index in [1.54, 1.807) is 12.1 Å². The lowest BCUT2D eigenvalue weighted by Crippen LogP contribution is -2.27. The highest BCUT2D eigenvalue weighted by Gasteiger charge is 2.12. The third kappa shape index (κ3) is 4.83. The van der Waals surface area contributed by atoms with Crippen LogP contribution in [0.4, 0.5) is 0 Å². The highest BCUT2D eigenvalue weighted by atomic mass is 16.5. The average molecular weight is 281 g/mol. The molecule has 0 fully saturated rings. The van der Waals surface area contributed by atoms with E-state index >= 15 is 0 Å². The van der Waals surface area contributed by atoms with Crippen LogP contribution in [0, 0.1) is 0 Å². The predicted molar refractivity (Wildman–Crippen MR) is 77.4 cm³/mol. The van der Waals surface area contributed by atoms with Gasteiger partial charge in [0.25, 0.3) is 0 Å². The lowest BCUT2D eigenvalue weighted by Gasteiger charge is -2.20. The van der Waals surface area contributed by atoms with Crippen LogP contribution in [0.25, 0.3) is 0 Å². The standard InChI is InChI=1S/C15H23NO4/c1-4-16(8-9-20-5-2)11-12-6-7-14(19-3)13(10-12)15(17)18/h6-7,10H,4-5,8-9,11H2,1-3H3,(H,17,18). The number of carboxylic acid groups (broad SMARTS) is 1. The fraction of sp³-hybridized carbons (Fsp3) is 0.533. The van der Waals surface area contributed by atoms with Gasteiger partial charge in [0.2, 0.25) is 0 Å². The van der Waals surface area contributed by atoms with Gasteiger partial charge >= 0.3 is 5.97 Å². The molecule has 112 valence electrons. The Morgan fingerprint density at radius 3 is 2.65 bits per heavy atom. The van der Waals surface area contributed by atoms with E-state index in [1.807, 2.05) is 13.0 Å². The van der Waals surface area contributed by atoms with Crippen LogP contribution in [0.3, 0.4) is 0 Å². The molecule has 1 N–H and O–H groups in total. The number of rotatable bonds is 9. The summed E-state index contributed by atoms with van der Waals surface area (Å²) in [4.78, 5) is 13.4. The van der Waals surface area contributed by atoms with Gasteiger partial charge in [-0.05, 0) is 31.2 Å². The first-order chi connectivity index (χ1) is 9.62. The summed E-state index contributed by atoms with van der Waals surface area (Å²) in [6.07, 6.45) is 0. The monoisotopic (exact) mass is 281 g/mol. The Labute approximate surface area is 120 Å². The number of carboxylic acids is 1. The van der Waals surface area contributed by atoms with Crippen LogP contribution in [0.2, 0.25) is 0 Å². The van der Waals surface area contributed by atoms with Crippen molar-refractivity contribution in [3.63, 3.8) is 0 Å². The van der Waals surface area contributed by atoms with Gasteiger partial charge in [0.1, 0.15) is 11.3 Å². The van der Waals surface area contributed by atoms with Crippen LogP contribution in [-0.2, 0) is 11.3 Å². The normalized spacial score (nSPS) is 10.8. The van der Waals surface area contributed by atoms with E-state index in [1.165, 1.54) is 7.11 Å². The molecular formula is C15H23NO4. The van der Waals surface area contributed by atoms with E-state index in [2.05, 4.69) is 11.8 Å². The Hall–Kier alpha value is -1.59. The molecule has 1 aromatic rings. The first kappa shape index (κ1) is 16.5. The Morgan fingerprint density at radius 2 is 2.10 bits per heavy atom. The van der Waals surface area contributed by atoms with Crippen molar-refractivity contribution >= 4 is 5.97 Å². The molecule has 0 spiro atoms. The summed E-state index contributed by atoms with van der Waals surface area (Å²) in [6, 6.07) is 5.27. The summed E-state index contributed by atoms with van der Waals surface area (Å²) >= 11 is 0. The zero-order chi connectivity index (χ0) is 15.0. The number of hydrogen-bond donors (Lipinski definition) is 1. The SMILES string of the molecule is CCOCCN(CC)Cc1ccc(OC)c(C(=O)O)c1. The molecule has 1 aromatic carbocycles. The average Bonchev–Trinajstić information content (AvgIpc) is 2.46. The Balaban J connectivity index is 2.75. The number of aromatic carboxylic acids is 1. The first-order valence-electron chi connectivity index (χ1n) is 6.82. The van der Waals surface area contributed by atoms with E-state index < -0.39 is 5.97 Å². The molecule has 1 rings (SSSR count). The summed E-state index contributed by atoms with van der Waals surface area (Å²) in [5.41, 5.74) is 1.16. The van der Waals surface area contributed by atoms with Crippen molar-refractivity contribution in [2.45, 2.75) is 20.4 Å². The van der Waals surface area contributed by atoms with Gasteiger partial charge in [-0.2, -0.15) is 0 Å². The van der Waals surface area contributed by atoms with E-state index in [4.69, 9.17) is 9.47 Å². The van der Waals surface area contributed by atoms with Crippen LogP contribution in [0.5, 0.6) is 5.75 Å². The van der Waals surface area contributed by atoms with Crippen molar-refractivity contribution in [2.24, 2.45) is 0 Å². The molecule has 0 bridgehead atoms. The molecule has 5 nitrogen and oxygen atoms in total. The fourth-order valence-electron chi connectivity index (χ4n) is 1.97. The molecule has 0 radical (unpaired) electrons. The highest BCUT2D eigenvalue weighted by Crippen LogP contribution is 2.20. The van der Waals surface area contributed by atoms with Crippen molar-refractivity contribution < 1.29 is 19.4 Å². The largest absolute Gasteiger partial charge is 0.496 e. The first-order valence-corrected chi connectivity index (χ1v) is 6.82. The maximum Gasteiger partial charge on any atom is 0.339 e. The van der Waals surface area contributed by atoms with Crippen LogP contribution in [-0.4, -0.2) is 49.4 Å². The van der Waals surface area contributed by atoms with Gasteiger partial charge in [0.15, 0.2) is 0 Å². The smallest absolute Gasteiger partial charge is 0.339 e. The van der Waals surface area contributed by atoms with Crippen molar-refractivity contribution in [1.82, 2.24) is 4.90 Å². The van der Waals surface area contributed by atoms with Crippen molar-refractivity contribution in [3.8, 4) is 5.75 Å². The van der Waals surface area contributed by atoms with Gasteiger partial charge < -0.3 is 14.6 Å². The number of hydrogen-bond acceptors (Lipinski definition) is 4. The zero-order valence-corrected chi connectivity index (χ0v) is 12.4. The quantitative estimate of drug-likeness (QED) is 0.704. The molecule has 0 amide bonds. The summed E-state index contributed by atoms with van der Waals surface area (Å²) in [7, 11) is 1.47. The van der Waals surface area contributed by atoms with Gasteiger partial charge in [0.05, 0.1) is 13.7 Å². The van der Waals surface area contributed by atoms with Gasteiger partial charge in [-0.15, -0.1) is 0 Å². The van der Waals surface area contributed by atoms with Gasteiger partial charge in [-0.1, -0.05) is 13.0 Å². The van der Waals surface area contributed by atoms with Crippen LogP contribution >= 0.6 is 0 Å². The molecule has 20 heavy (non-hydrogen) atoms. The van der Waals surface area contributed by atoms with E-state index in [0.717, 1.165) is 18.7 Å². The molecule has 0 saturated heterocycles. The Kier molecular flexibility index (Phi) is 7.04. The second-order valence-corrected chi connectivity index (χ2v) is 4.41. The minimum Gasteiger partial charge on any atom is -0.496 e. The predicted octanol–water partition coefficient (Wildman–Crippen LogP) is 2.25. The van der Waals surface area contributed by atoms with Crippen molar-refractivity contribution in [3.05, 3.63) is 29.3 Å². The lowest BCUT2D eigenvalue weighted by molar-refractivity contribution is 0.0693. The molecule has 0 aromatic heterocycles. The van der Waals surface area contributed by atoms with Crippen molar-refractivity contribution in [1.29, 1.82) is 0 Å². The van der Waals surface area contributed by atoms with Crippen LogP contribution in [0.1, 0.15) is 29.8 Å². The number of benzene rings is 1. The number of nitrogens with zero attached hydrogens (tertiary/aromatic N) is 1. The summed E-state index contributed by atoms with van der Waals surface area (Å²) in [6.45, 7) is 7.87. The Bertz CT molecular complexity index is 434. The zero-order valence-electron chi connectivity index (χ0n) is 12.4. The van der Waals surface area contributed by atoms with E-state index in [9.17, 15) is 9.90 Å². The maximum absolute atomic E-state index is 11.2. The maximum atomic E-state index is 11.2. The molecule has 5 heteroatoms. The molecule has 0 atom stereocenters. The molecular weight excluding hydrogens is 258 g/mol. The number of methoxy groups -OCH3 is 1. The topological polar surface area (TPSA) is 59.0 Å². The molecule has 0 heterocycles. The number of ether oxygens (including phenoxy) is 2. The minimum atomic E-state index is -0.971. The van der Waals surface area contributed by atoms with Gasteiger partial charge in [0, 0.05) is 19.7 Å². The highest BCUT2D eigenvalue weighted by molar-refractivity contribution is 5.91. The second kappa shape index (κ2) is 8.55. The molecule has 0 aliphatic heterocycles. The molecule has 0 unspecified atom stereocenters. The summed E-state index contributed by atoms with van der Waals surface area (Å²) in [5, 5.41) is 9.17. The Morgan fingerprint density at radius 1 is 1.35 bits per heavy atom. The third-order valence-corrected chi connectivity index (χ3v) is 3.10. The molecule has 0 saturated carbocycles. The third-order valence-electron chi connectivity index (χ3n) is 3.10. The second-order valence-electron chi connectivity index (χ2n) is 4.41. The van der Waals surface area contributed by atoms with Crippen LogP contribution in [0.15, 0.2) is 18.2 Å².